The van der Waals surface area contributed by atoms with Gasteiger partial charge in [-0.2, -0.15) is 4.98 Å². The van der Waals surface area contributed by atoms with Gasteiger partial charge in [-0.05, 0) is 107 Å². The molecule has 5 aliphatic heterocycles. The van der Waals surface area contributed by atoms with Crippen molar-refractivity contribution in [3.05, 3.63) is 75.2 Å². The van der Waals surface area contributed by atoms with E-state index in [1.807, 2.05) is 38.1 Å². The van der Waals surface area contributed by atoms with E-state index in [-0.39, 0.29) is 48.1 Å². The fourth-order valence-electron chi connectivity index (χ4n) is 9.77. The zero-order chi connectivity index (χ0) is 44.2. The number of hydrogen-bond acceptors (Lipinski definition) is 13. The van der Waals surface area contributed by atoms with E-state index in [1.54, 1.807) is 29.0 Å². The minimum Gasteiger partial charge on any atom is -0.478 e. The second-order valence-electron chi connectivity index (χ2n) is 17.8. The normalized spacial score (nSPS) is 20.3. The summed E-state index contributed by atoms with van der Waals surface area (Å²) in [6.45, 7) is 10.2. The zero-order valence-corrected chi connectivity index (χ0v) is 36.4. The number of ether oxygens (including phenoxy) is 1. The molecule has 330 valence electrons. The molecule has 1 atom stereocenters. The fraction of sp³-hybridized carbons (Fsp3) is 0.467. The van der Waals surface area contributed by atoms with Crippen LogP contribution >= 0.6 is 11.6 Å². The summed E-state index contributed by atoms with van der Waals surface area (Å²) >= 11 is 6.61. The Balaban J connectivity index is 0.765. The van der Waals surface area contributed by atoms with Gasteiger partial charge >= 0.3 is 0 Å². The standard InChI is InChI=1S/C45H51ClN10O7/c1-26(2)55-34-7-4-29(18-28(34)19-36(43(55)62)63-23-38(58)47-3)49-39-33(46)21-48-44(51-39)53-14-10-27(11-15-53)22-52-16-12-45(13-17-52)24-54(25-45)30-5-6-31-32(20-30)42(61)56(41(31)60)35-8-9-37(57)50-40(35)59/h4-7,18-21,26-27,35H,8-17,22-25H2,1-3H3,(H,47,58)(H,48,49,51)(H,50,57,59). The maximum Gasteiger partial charge on any atom is 0.293 e. The molecule has 5 amide bonds. The van der Waals surface area contributed by atoms with E-state index < -0.39 is 29.7 Å². The maximum absolute atomic E-state index is 13.4. The van der Waals surface area contributed by atoms with Crippen molar-refractivity contribution < 1.29 is 28.7 Å². The number of likely N-dealkylation sites (N-methyl/N-ethyl adjacent to an activating group) is 1. The Kier molecular flexibility index (Phi) is 11.3. The summed E-state index contributed by atoms with van der Waals surface area (Å²) in [5, 5.41) is 9.23. The third-order valence-electron chi connectivity index (χ3n) is 13.3. The minimum atomic E-state index is -0.975. The van der Waals surface area contributed by atoms with Crippen LogP contribution in [0.25, 0.3) is 10.9 Å². The number of pyridine rings is 1. The van der Waals surface area contributed by atoms with Gasteiger partial charge in [0.2, 0.25) is 17.8 Å². The van der Waals surface area contributed by atoms with Gasteiger partial charge in [0.25, 0.3) is 23.3 Å². The number of anilines is 4. The number of nitrogens with one attached hydrogen (secondary N) is 3. The van der Waals surface area contributed by atoms with Crippen LogP contribution in [0.3, 0.4) is 0 Å². The van der Waals surface area contributed by atoms with Crippen molar-refractivity contribution in [2.75, 3.05) is 74.6 Å². The first kappa shape index (κ1) is 42.2. The summed E-state index contributed by atoms with van der Waals surface area (Å²) in [6.07, 6.45) is 6.10. The molecule has 1 unspecified atom stereocenters. The van der Waals surface area contributed by atoms with Crippen LogP contribution in [0.15, 0.2) is 53.5 Å². The van der Waals surface area contributed by atoms with Gasteiger partial charge in [-0.25, -0.2) is 4.98 Å². The topological polar surface area (TPSA) is 191 Å². The van der Waals surface area contributed by atoms with Gasteiger partial charge in [0.05, 0.1) is 22.8 Å². The smallest absolute Gasteiger partial charge is 0.293 e. The van der Waals surface area contributed by atoms with E-state index in [0.29, 0.717) is 33.8 Å². The van der Waals surface area contributed by atoms with Crippen LogP contribution in [0.1, 0.15) is 79.1 Å². The van der Waals surface area contributed by atoms with Gasteiger partial charge in [0.15, 0.2) is 18.2 Å². The number of piperidine rings is 3. The summed E-state index contributed by atoms with van der Waals surface area (Å²) in [4.78, 5) is 93.3. The minimum absolute atomic E-state index is 0.0900. The molecule has 2 aromatic heterocycles. The molecule has 0 aliphatic carbocycles. The Morgan fingerprint density at radius 1 is 0.937 bits per heavy atom. The predicted octanol–water partition coefficient (Wildman–Crippen LogP) is 4.11. The molecule has 0 saturated carbocycles. The molecule has 2 aromatic carbocycles. The zero-order valence-electron chi connectivity index (χ0n) is 35.6. The highest BCUT2D eigenvalue weighted by molar-refractivity contribution is 6.33. The second kappa shape index (κ2) is 16.9. The van der Waals surface area contributed by atoms with Gasteiger partial charge in [0.1, 0.15) is 11.1 Å². The largest absolute Gasteiger partial charge is 0.478 e. The first-order valence-electron chi connectivity index (χ1n) is 21.7. The molecule has 18 heteroatoms. The molecule has 9 rings (SSSR count). The van der Waals surface area contributed by atoms with Gasteiger partial charge in [-0.15, -0.1) is 0 Å². The van der Waals surface area contributed by atoms with Gasteiger partial charge < -0.3 is 34.6 Å². The quantitative estimate of drug-likeness (QED) is 0.183. The average Bonchev–Trinajstić information content (AvgIpc) is 3.50. The van der Waals surface area contributed by atoms with E-state index in [9.17, 15) is 28.8 Å². The van der Waals surface area contributed by atoms with Crippen LogP contribution in [0.5, 0.6) is 5.75 Å². The van der Waals surface area contributed by atoms with Crippen LogP contribution in [-0.4, -0.2) is 119 Å². The number of fused-ring (bicyclic) bond motifs is 2. The van der Waals surface area contributed by atoms with Gasteiger partial charge in [-0.1, -0.05) is 11.6 Å². The number of aromatic nitrogens is 3. The lowest BCUT2D eigenvalue weighted by molar-refractivity contribution is -0.136. The van der Waals surface area contributed by atoms with Crippen molar-refractivity contribution in [3.63, 3.8) is 0 Å². The Morgan fingerprint density at radius 2 is 1.68 bits per heavy atom. The molecule has 3 N–H and O–H groups in total. The van der Waals surface area contributed by atoms with Gasteiger partial charge in [0, 0.05) is 74.4 Å². The first-order chi connectivity index (χ1) is 30.3. The highest BCUT2D eigenvalue weighted by Crippen LogP contribution is 2.44. The number of carbonyl (C=O) groups is 5. The van der Waals surface area contributed by atoms with Crippen molar-refractivity contribution in [2.24, 2.45) is 11.3 Å². The third kappa shape index (κ3) is 8.19. The molecule has 0 bridgehead atoms. The third-order valence-corrected chi connectivity index (χ3v) is 13.6. The number of nitrogens with zero attached hydrogens (tertiary/aromatic N) is 7. The predicted molar refractivity (Wildman–Crippen MR) is 237 cm³/mol. The summed E-state index contributed by atoms with van der Waals surface area (Å²) in [5.74, 6) is -0.557. The number of rotatable bonds is 11. The van der Waals surface area contributed by atoms with Crippen LogP contribution < -0.4 is 36.0 Å². The average molecular weight is 879 g/mol. The lowest BCUT2D eigenvalue weighted by Crippen LogP contribution is -2.60. The number of hydrogen-bond donors (Lipinski definition) is 3. The highest BCUT2D eigenvalue weighted by Gasteiger charge is 2.47. The van der Waals surface area contributed by atoms with Crippen molar-refractivity contribution in [3.8, 4) is 5.75 Å². The molecule has 17 nitrogen and oxygen atoms in total. The van der Waals surface area contributed by atoms with Crippen molar-refractivity contribution in [1.82, 2.24) is 35.0 Å². The van der Waals surface area contributed by atoms with Gasteiger partial charge in [-0.3, -0.25) is 39.0 Å². The molecular formula is C45H51ClN10O7. The summed E-state index contributed by atoms with van der Waals surface area (Å²) < 4.78 is 7.27. The van der Waals surface area contributed by atoms with Crippen LogP contribution in [-0.2, 0) is 14.4 Å². The Morgan fingerprint density at radius 3 is 2.40 bits per heavy atom. The SMILES string of the molecule is CNC(=O)COc1cc2cc(Nc3nc(N4CCC(CN5CCC6(CC5)CN(c5ccc7c(c5)C(=O)N(C5CCC(=O)NC5=O)C7=O)C6)CC4)ncc3Cl)ccc2n(C(C)C)c1=O. The summed E-state index contributed by atoms with van der Waals surface area (Å²) in [7, 11) is 1.51. The van der Waals surface area contributed by atoms with E-state index in [0.717, 1.165) is 98.7 Å². The Bertz CT molecular complexity index is 2570. The maximum atomic E-state index is 13.4. The van der Waals surface area contributed by atoms with E-state index in [4.69, 9.17) is 21.3 Å². The number of carbonyl (C=O) groups excluding carboxylic acids is 5. The Hall–Kier alpha value is -6.07. The van der Waals surface area contributed by atoms with Crippen LogP contribution in [0.4, 0.5) is 23.1 Å². The molecule has 4 saturated heterocycles. The molecule has 4 aromatic rings. The first-order valence-corrected chi connectivity index (χ1v) is 22.1. The number of likely N-dealkylation sites (tertiary alicyclic amines) is 1. The highest BCUT2D eigenvalue weighted by atomic mass is 35.5. The van der Waals surface area contributed by atoms with Crippen molar-refractivity contribution in [2.45, 2.75) is 64.5 Å². The van der Waals surface area contributed by atoms with Crippen LogP contribution in [0.2, 0.25) is 5.02 Å². The van der Waals surface area contributed by atoms with Crippen LogP contribution in [0, 0.1) is 11.3 Å². The van der Waals surface area contributed by atoms with E-state index in [2.05, 4.69) is 35.6 Å². The number of benzene rings is 2. The monoisotopic (exact) mass is 878 g/mol. The van der Waals surface area contributed by atoms with E-state index in [1.165, 1.54) is 7.05 Å². The van der Waals surface area contributed by atoms with E-state index >= 15 is 0 Å². The Labute approximate surface area is 369 Å². The molecule has 63 heavy (non-hydrogen) atoms. The van der Waals surface area contributed by atoms with Crippen molar-refractivity contribution in [1.29, 1.82) is 0 Å². The number of imide groups is 2. The second-order valence-corrected chi connectivity index (χ2v) is 18.2. The molecule has 1 spiro atoms. The molecule has 7 heterocycles. The summed E-state index contributed by atoms with van der Waals surface area (Å²) in [5.41, 5.74) is 2.89. The molecular weight excluding hydrogens is 828 g/mol. The number of halogens is 1. The summed E-state index contributed by atoms with van der Waals surface area (Å²) in [6, 6.07) is 11.5. The lowest BCUT2D eigenvalue weighted by Gasteiger charge is -2.55. The lowest BCUT2D eigenvalue weighted by atomic mass is 9.71. The molecule has 5 aliphatic rings. The number of amides is 5. The molecule has 0 radical (unpaired) electrons. The van der Waals surface area contributed by atoms with Crippen molar-refractivity contribution >= 4 is 75.2 Å². The molecule has 4 fully saturated rings. The fourth-order valence-corrected chi connectivity index (χ4v) is 9.91.